The number of nitrogens with one attached hydrogen (secondary N) is 1. The minimum atomic E-state index is -0.0680. The maximum Gasteiger partial charge on any atom is 0.251 e. The molecule has 4 nitrogen and oxygen atoms in total. The van der Waals surface area contributed by atoms with Crippen LogP contribution in [0.15, 0.2) is 58.6 Å². The maximum absolute atomic E-state index is 12.0. The molecule has 1 amide bonds. The molecule has 3 aromatic rings. The van der Waals surface area contributed by atoms with Crippen LogP contribution in [0.25, 0.3) is 11.3 Å². The minimum Gasteiger partial charge on any atom is -0.352 e. The molecule has 23 heavy (non-hydrogen) atoms. The van der Waals surface area contributed by atoms with Crippen molar-refractivity contribution in [3.05, 3.63) is 69.2 Å². The molecule has 0 spiro atoms. The fourth-order valence-corrected chi connectivity index (χ4v) is 3.13. The lowest BCUT2D eigenvalue weighted by Crippen LogP contribution is -2.25. The van der Waals surface area contributed by atoms with Crippen LogP contribution in [0.4, 0.5) is 0 Å². The first-order valence-corrected chi connectivity index (χ1v) is 8.78. The van der Waals surface area contributed by atoms with Gasteiger partial charge in [-0.2, -0.15) is 0 Å². The normalized spacial score (nSPS) is 10.5. The van der Waals surface area contributed by atoms with Crippen molar-refractivity contribution in [1.29, 1.82) is 0 Å². The number of hydrogen-bond acceptors (Lipinski definition) is 4. The molecule has 0 aliphatic carbocycles. The second-order valence-electron chi connectivity index (χ2n) is 4.88. The third-order valence-corrected chi connectivity index (χ3v) is 4.68. The molecule has 1 aromatic carbocycles. The molecule has 0 fully saturated rings. The molecule has 0 aliphatic heterocycles. The SMILES string of the molecule is O=C(NCCc1nc(-c2cccnc2)cs1)c1ccc(Br)cc1. The summed E-state index contributed by atoms with van der Waals surface area (Å²) in [7, 11) is 0. The van der Waals surface area contributed by atoms with Crippen molar-refractivity contribution in [2.24, 2.45) is 0 Å². The van der Waals surface area contributed by atoms with E-state index in [2.05, 4.69) is 31.2 Å². The largest absolute Gasteiger partial charge is 0.352 e. The summed E-state index contributed by atoms with van der Waals surface area (Å²) in [6.07, 6.45) is 4.26. The van der Waals surface area contributed by atoms with Crippen molar-refractivity contribution in [2.45, 2.75) is 6.42 Å². The fraction of sp³-hybridized carbons (Fsp3) is 0.118. The number of nitrogens with zero attached hydrogens (tertiary/aromatic N) is 2. The van der Waals surface area contributed by atoms with Crippen LogP contribution in [0.5, 0.6) is 0 Å². The van der Waals surface area contributed by atoms with Crippen LogP contribution in [-0.2, 0) is 6.42 Å². The Bertz CT molecular complexity index is 787. The third kappa shape index (κ3) is 4.24. The molecule has 2 aromatic heterocycles. The zero-order chi connectivity index (χ0) is 16.1. The average Bonchev–Trinajstić information content (AvgIpc) is 3.05. The zero-order valence-electron chi connectivity index (χ0n) is 12.2. The number of hydrogen-bond donors (Lipinski definition) is 1. The van der Waals surface area contributed by atoms with Gasteiger partial charge in [0.25, 0.3) is 5.91 Å². The Morgan fingerprint density at radius 2 is 2.04 bits per heavy atom. The van der Waals surface area contributed by atoms with E-state index in [1.54, 1.807) is 35.9 Å². The number of aromatic nitrogens is 2. The number of thiazole rings is 1. The molecule has 0 atom stereocenters. The predicted octanol–water partition coefficient (Wildman–Crippen LogP) is 3.94. The molecule has 0 saturated carbocycles. The summed E-state index contributed by atoms with van der Waals surface area (Å²) in [6, 6.07) is 11.2. The lowest BCUT2D eigenvalue weighted by molar-refractivity contribution is 0.0954. The number of carbonyl (C=O) groups excluding carboxylic acids is 1. The quantitative estimate of drug-likeness (QED) is 0.721. The first-order valence-electron chi connectivity index (χ1n) is 7.11. The minimum absolute atomic E-state index is 0.0680. The highest BCUT2D eigenvalue weighted by Crippen LogP contribution is 2.20. The first kappa shape index (κ1) is 15.8. The predicted molar refractivity (Wildman–Crippen MR) is 95.5 cm³/mol. The Hall–Kier alpha value is -2.05. The molecule has 3 rings (SSSR count). The van der Waals surface area contributed by atoms with E-state index in [1.165, 1.54) is 0 Å². The van der Waals surface area contributed by atoms with E-state index in [0.29, 0.717) is 18.5 Å². The monoisotopic (exact) mass is 387 g/mol. The van der Waals surface area contributed by atoms with Crippen LogP contribution in [0.2, 0.25) is 0 Å². The van der Waals surface area contributed by atoms with Crippen molar-refractivity contribution in [3.63, 3.8) is 0 Å². The van der Waals surface area contributed by atoms with Gasteiger partial charge in [-0.1, -0.05) is 15.9 Å². The second kappa shape index (κ2) is 7.48. The average molecular weight is 388 g/mol. The summed E-state index contributed by atoms with van der Waals surface area (Å²) in [5.41, 5.74) is 2.59. The lowest BCUT2D eigenvalue weighted by atomic mass is 10.2. The van der Waals surface area contributed by atoms with E-state index in [1.807, 2.05) is 29.6 Å². The lowest BCUT2D eigenvalue weighted by Gasteiger charge is -2.04. The Balaban J connectivity index is 1.54. The van der Waals surface area contributed by atoms with Crippen LogP contribution in [0.1, 0.15) is 15.4 Å². The van der Waals surface area contributed by atoms with Crippen molar-refractivity contribution in [1.82, 2.24) is 15.3 Å². The molecule has 0 radical (unpaired) electrons. The van der Waals surface area contributed by atoms with Crippen molar-refractivity contribution in [2.75, 3.05) is 6.54 Å². The first-order chi connectivity index (χ1) is 11.2. The van der Waals surface area contributed by atoms with Crippen molar-refractivity contribution in [3.8, 4) is 11.3 Å². The standard InChI is InChI=1S/C17H14BrN3OS/c18-14-5-3-12(4-6-14)17(22)20-9-7-16-21-15(11-23-16)13-2-1-8-19-10-13/h1-6,8,10-11H,7,9H2,(H,20,22). The highest BCUT2D eigenvalue weighted by Gasteiger charge is 2.07. The van der Waals surface area contributed by atoms with E-state index >= 15 is 0 Å². The van der Waals surface area contributed by atoms with Crippen LogP contribution in [0, 0.1) is 0 Å². The summed E-state index contributed by atoms with van der Waals surface area (Å²) >= 11 is 4.95. The van der Waals surface area contributed by atoms with Gasteiger partial charge in [0.2, 0.25) is 0 Å². The van der Waals surface area contributed by atoms with Gasteiger partial charge in [0, 0.05) is 46.3 Å². The molecule has 0 aliphatic rings. The van der Waals surface area contributed by atoms with Gasteiger partial charge in [0.05, 0.1) is 10.7 Å². The molecule has 0 bridgehead atoms. The van der Waals surface area contributed by atoms with Gasteiger partial charge in [0.1, 0.15) is 0 Å². The number of rotatable bonds is 5. The van der Waals surface area contributed by atoms with Crippen molar-refractivity contribution >= 4 is 33.2 Å². The fourth-order valence-electron chi connectivity index (χ4n) is 2.06. The highest BCUT2D eigenvalue weighted by atomic mass is 79.9. The summed E-state index contributed by atoms with van der Waals surface area (Å²) in [5.74, 6) is -0.0680. The molecule has 6 heteroatoms. The Labute approximate surface area is 146 Å². The van der Waals surface area contributed by atoms with Crippen LogP contribution in [0.3, 0.4) is 0 Å². The number of carbonyl (C=O) groups is 1. The van der Waals surface area contributed by atoms with Gasteiger partial charge in [-0.3, -0.25) is 9.78 Å². The molecule has 2 heterocycles. The molecule has 0 saturated heterocycles. The molecule has 116 valence electrons. The number of benzene rings is 1. The van der Waals surface area contributed by atoms with E-state index in [0.717, 1.165) is 20.7 Å². The molecule has 0 unspecified atom stereocenters. The number of halogens is 1. The van der Waals surface area contributed by atoms with Gasteiger partial charge in [-0.25, -0.2) is 4.98 Å². The summed E-state index contributed by atoms with van der Waals surface area (Å²) < 4.78 is 0.958. The third-order valence-electron chi connectivity index (χ3n) is 3.24. The van der Waals surface area contributed by atoms with Crippen molar-refractivity contribution < 1.29 is 4.79 Å². The summed E-state index contributed by atoms with van der Waals surface area (Å²) in [6.45, 7) is 0.564. The molecule has 1 N–H and O–H groups in total. The van der Waals surface area contributed by atoms with Crippen LogP contribution < -0.4 is 5.32 Å². The van der Waals surface area contributed by atoms with Crippen LogP contribution >= 0.6 is 27.3 Å². The second-order valence-corrected chi connectivity index (χ2v) is 6.74. The Morgan fingerprint density at radius 1 is 1.22 bits per heavy atom. The van der Waals surface area contributed by atoms with Gasteiger partial charge in [-0.15, -0.1) is 11.3 Å². The topological polar surface area (TPSA) is 54.9 Å². The van der Waals surface area contributed by atoms with E-state index < -0.39 is 0 Å². The smallest absolute Gasteiger partial charge is 0.251 e. The Kier molecular flexibility index (Phi) is 5.15. The molecular formula is C17H14BrN3OS. The van der Waals surface area contributed by atoms with Gasteiger partial charge < -0.3 is 5.32 Å². The summed E-state index contributed by atoms with van der Waals surface area (Å²) in [5, 5.41) is 5.93. The van der Waals surface area contributed by atoms with Gasteiger partial charge >= 0.3 is 0 Å². The Morgan fingerprint density at radius 3 is 2.78 bits per heavy atom. The van der Waals surface area contributed by atoms with Gasteiger partial charge in [0.15, 0.2) is 0 Å². The number of pyridine rings is 1. The van der Waals surface area contributed by atoms with E-state index in [9.17, 15) is 4.79 Å². The van der Waals surface area contributed by atoms with E-state index in [4.69, 9.17) is 0 Å². The summed E-state index contributed by atoms with van der Waals surface area (Å²) in [4.78, 5) is 20.7. The zero-order valence-corrected chi connectivity index (χ0v) is 14.6. The van der Waals surface area contributed by atoms with Crippen LogP contribution in [-0.4, -0.2) is 22.4 Å². The highest BCUT2D eigenvalue weighted by molar-refractivity contribution is 9.10. The number of amides is 1. The van der Waals surface area contributed by atoms with E-state index in [-0.39, 0.29) is 5.91 Å². The van der Waals surface area contributed by atoms with Gasteiger partial charge in [-0.05, 0) is 36.4 Å². The molecular weight excluding hydrogens is 374 g/mol. The maximum atomic E-state index is 12.0.